The van der Waals surface area contributed by atoms with Gasteiger partial charge in [-0.05, 0) is 65.7 Å². The van der Waals surface area contributed by atoms with Gasteiger partial charge in [-0.3, -0.25) is 0 Å². The molecule has 6 nitrogen and oxygen atoms in total. The van der Waals surface area contributed by atoms with E-state index in [1.807, 2.05) is 19.1 Å². The standard InChI is InChI=1S/C21H36N2O4/c1-14(2)26-18(24)17(23-19(25)27-20(4,5)6)13-16(15(3)22)21(7)11-9-8-10-12-21/h8-11,14-17H,12-13,22H2,1-7H3,(H,23,25)/t15-,16-,17-,21?/m0/s1. The van der Waals surface area contributed by atoms with Gasteiger partial charge in [0.15, 0.2) is 0 Å². The third-order valence-electron chi connectivity index (χ3n) is 4.58. The Morgan fingerprint density at radius 1 is 1.22 bits per heavy atom. The molecule has 0 bridgehead atoms. The second kappa shape index (κ2) is 9.40. The van der Waals surface area contributed by atoms with E-state index in [1.165, 1.54) is 0 Å². The molecule has 1 unspecified atom stereocenters. The molecule has 0 aromatic rings. The Bertz CT molecular complexity index is 575. The summed E-state index contributed by atoms with van der Waals surface area (Å²) in [5, 5.41) is 2.69. The van der Waals surface area contributed by atoms with Crippen LogP contribution in [-0.2, 0) is 14.3 Å². The van der Waals surface area contributed by atoms with Crippen molar-refractivity contribution in [3.8, 4) is 0 Å². The summed E-state index contributed by atoms with van der Waals surface area (Å²) >= 11 is 0. The average molecular weight is 381 g/mol. The summed E-state index contributed by atoms with van der Waals surface area (Å²) in [4.78, 5) is 24.9. The Kier molecular flexibility index (Phi) is 8.08. The molecule has 0 fully saturated rings. The second-order valence-electron chi connectivity index (χ2n) is 8.88. The van der Waals surface area contributed by atoms with Gasteiger partial charge in [0.1, 0.15) is 11.6 Å². The van der Waals surface area contributed by atoms with Crippen molar-refractivity contribution in [2.75, 3.05) is 0 Å². The summed E-state index contributed by atoms with van der Waals surface area (Å²) in [7, 11) is 0. The maximum atomic E-state index is 12.6. The van der Waals surface area contributed by atoms with Crippen LogP contribution in [0.2, 0.25) is 0 Å². The van der Waals surface area contributed by atoms with E-state index >= 15 is 0 Å². The lowest BCUT2D eigenvalue weighted by molar-refractivity contribution is -0.150. The zero-order valence-electron chi connectivity index (χ0n) is 17.7. The normalized spacial score (nSPS) is 22.9. The number of allylic oxidation sites excluding steroid dienone is 4. The third-order valence-corrected chi connectivity index (χ3v) is 4.58. The molecule has 4 atom stereocenters. The first-order valence-electron chi connectivity index (χ1n) is 9.64. The molecule has 0 spiro atoms. The maximum absolute atomic E-state index is 12.6. The van der Waals surface area contributed by atoms with Gasteiger partial charge in [-0.2, -0.15) is 0 Å². The predicted octanol–water partition coefficient (Wildman–Crippen LogP) is 3.71. The molecule has 0 radical (unpaired) electrons. The minimum absolute atomic E-state index is 0.0293. The molecule has 154 valence electrons. The number of alkyl carbamates (subject to hydrolysis) is 1. The van der Waals surface area contributed by atoms with Crippen LogP contribution < -0.4 is 11.1 Å². The number of hydrogen-bond donors (Lipinski definition) is 2. The van der Waals surface area contributed by atoms with E-state index in [9.17, 15) is 9.59 Å². The van der Waals surface area contributed by atoms with Crippen molar-refractivity contribution in [2.45, 2.75) is 85.1 Å². The van der Waals surface area contributed by atoms with E-state index < -0.39 is 23.7 Å². The lowest BCUT2D eigenvalue weighted by atomic mass is 9.67. The van der Waals surface area contributed by atoms with Crippen LogP contribution in [0.4, 0.5) is 4.79 Å². The number of carbonyl (C=O) groups is 2. The highest BCUT2D eigenvalue weighted by molar-refractivity contribution is 5.81. The highest BCUT2D eigenvalue weighted by atomic mass is 16.6. The maximum Gasteiger partial charge on any atom is 0.408 e. The fourth-order valence-corrected chi connectivity index (χ4v) is 3.34. The lowest BCUT2D eigenvalue weighted by Crippen LogP contribution is -2.49. The van der Waals surface area contributed by atoms with Crippen LogP contribution in [0.25, 0.3) is 0 Å². The van der Waals surface area contributed by atoms with Crippen LogP contribution in [0.5, 0.6) is 0 Å². The van der Waals surface area contributed by atoms with Crippen molar-refractivity contribution in [1.29, 1.82) is 0 Å². The Morgan fingerprint density at radius 3 is 2.30 bits per heavy atom. The zero-order valence-corrected chi connectivity index (χ0v) is 17.7. The topological polar surface area (TPSA) is 90.6 Å². The Labute approximate surface area is 163 Å². The van der Waals surface area contributed by atoms with Crippen LogP contribution in [-0.4, -0.2) is 35.9 Å². The van der Waals surface area contributed by atoms with Gasteiger partial charge in [-0.15, -0.1) is 0 Å². The highest BCUT2D eigenvalue weighted by Crippen LogP contribution is 2.40. The number of nitrogens with two attached hydrogens (primary N) is 1. The van der Waals surface area contributed by atoms with Crippen LogP contribution in [0.3, 0.4) is 0 Å². The molecule has 3 N–H and O–H groups in total. The second-order valence-corrected chi connectivity index (χ2v) is 8.88. The van der Waals surface area contributed by atoms with E-state index in [0.717, 1.165) is 6.42 Å². The number of carbonyl (C=O) groups excluding carboxylic acids is 2. The first-order valence-corrected chi connectivity index (χ1v) is 9.64. The van der Waals surface area contributed by atoms with Gasteiger partial charge in [-0.1, -0.05) is 31.2 Å². The van der Waals surface area contributed by atoms with Crippen LogP contribution >= 0.6 is 0 Å². The Balaban J connectivity index is 3.02. The molecular formula is C21H36N2O4. The van der Waals surface area contributed by atoms with Gasteiger partial charge in [-0.25, -0.2) is 9.59 Å². The van der Waals surface area contributed by atoms with Crippen molar-refractivity contribution in [3.05, 3.63) is 24.3 Å². The third kappa shape index (κ3) is 7.75. The molecule has 1 rings (SSSR count). The highest BCUT2D eigenvalue weighted by Gasteiger charge is 2.39. The lowest BCUT2D eigenvalue weighted by Gasteiger charge is -2.40. The van der Waals surface area contributed by atoms with Gasteiger partial charge in [0.25, 0.3) is 0 Å². The first kappa shape index (κ1) is 23.2. The minimum Gasteiger partial charge on any atom is -0.461 e. The Hall–Kier alpha value is -1.82. The van der Waals surface area contributed by atoms with Crippen LogP contribution in [0, 0.1) is 11.3 Å². The summed E-state index contributed by atoms with van der Waals surface area (Å²) in [6, 6.07) is -0.990. The van der Waals surface area contributed by atoms with E-state index in [4.69, 9.17) is 15.2 Å². The van der Waals surface area contributed by atoms with E-state index in [-0.39, 0.29) is 23.5 Å². The number of rotatable bonds is 7. The first-order chi connectivity index (χ1) is 12.3. The summed E-state index contributed by atoms with van der Waals surface area (Å²) in [5.74, 6) is -0.501. The van der Waals surface area contributed by atoms with Gasteiger partial charge >= 0.3 is 12.1 Å². The van der Waals surface area contributed by atoms with Gasteiger partial charge < -0.3 is 20.5 Å². The number of esters is 1. The molecule has 0 saturated heterocycles. The molecule has 1 amide bonds. The molecule has 0 aromatic heterocycles. The smallest absolute Gasteiger partial charge is 0.408 e. The predicted molar refractivity (Wildman–Crippen MR) is 107 cm³/mol. The number of hydrogen-bond acceptors (Lipinski definition) is 5. The monoisotopic (exact) mass is 380 g/mol. The number of ether oxygens (including phenoxy) is 2. The van der Waals surface area contributed by atoms with E-state index in [2.05, 4.69) is 24.4 Å². The average Bonchev–Trinajstić information content (AvgIpc) is 2.48. The van der Waals surface area contributed by atoms with Gasteiger partial charge in [0.2, 0.25) is 0 Å². The molecule has 27 heavy (non-hydrogen) atoms. The molecule has 0 aromatic carbocycles. The molecule has 6 heteroatoms. The largest absolute Gasteiger partial charge is 0.461 e. The number of nitrogens with one attached hydrogen (secondary N) is 1. The van der Waals surface area contributed by atoms with E-state index in [1.54, 1.807) is 34.6 Å². The van der Waals surface area contributed by atoms with Crippen molar-refractivity contribution >= 4 is 12.1 Å². The van der Waals surface area contributed by atoms with Crippen LogP contribution in [0.15, 0.2) is 24.3 Å². The molecule has 0 aliphatic heterocycles. The van der Waals surface area contributed by atoms with Gasteiger partial charge in [0, 0.05) is 6.04 Å². The fraction of sp³-hybridized carbons (Fsp3) is 0.714. The van der Waals surface area contributed by atoms with Crippen molar-refractivity contribution in [1.82, 2.24) is 5.32 Å². The zero-order chi connectivity index (χ0) is 20.8. The molecular weight excluding hydrogens is 344 g/mol. The van der Waals surface area contributed by atoms with Crippen molar-refractivity contribution in [2.24, 2.45) is 17.1 Å². The number of amides is 1. The molecule has 1 aliphatic rings. The minimum atomic E-state index is -0.825. The fourth-order valence-electron chi connectivity index (χ4n) is 3.34. The molecule has 0 saturated carbocycles. The van der Waals surface area contributed by atoms with Crippen molar-refractivity contribution < 1.29 is 19.1 Å². The molecule has 0 heterocycles. The van der Waals surface area contributed by atoms with Gasteiger partial charge in [0.05, 0.1) is 6.10 Å². The summed E-state index contributed by atoms with van der Waals surface area (Å²) in [6.45, 7) is 12.9. The summed E-state index contributed by atoms with van der Waals surface area (Å²) in [6.07, 6.45) is 8.51. The SMILES string of the molecule is CC(C)OC(=O)[C@H](C[C@@H]([C@H](C)N)C1(C)C=CC=CC1)NC(=O)OC(C)(C)C. The Morgan fingerprint density at radius 2 is 1.85 bits per heavy atom. The summed E-state index contributed by atoms with van der Waals surface area (Å²) in [5.41, 5.74) is 5.43. The summed E-state index contributed by atoms with van der Waals surface area (Å²) < 4.78 is 10.7. The van der Waals surface area contributed by atoms with Crippen LogP contribution in [0.1, 0.15) is 61.3 Å². The quantitative estimate of drug-likeness (QED) is 0.657. The van der Waals surface area contributed by atoms with Crippen molar-refractivity contribution in [3.63, 3.8) is 0 Å². The molecule has 1 aliphatic carbocycles. The van der Waals surface area contributed by atoms with E-state index in [0.29, 0.717) is 6.42 Å².